The lowest BCUT2D eigenvalue weighted by molar-refractivity contribution is -0.151. The number of ether oxygens (including phenoxy) is 1. The monoisotopic (exact) mass is 890 g/mol. The normalized spacial score (nSPS) is 14.0. The van der Waals surface area contributed by atoms with E-state index >= 15 is 0 Å². The van der Waals surface area contributed by atoms with Crippen molar-refractivity contribution in [3.05, 3.63) is 97.2 Å². The molecule has 3 unspecified atom stereocenters. The summed E-state index contributed by atoms with van der Waals surface area (Å²) in [5.41, 5.74) is 0. The van der Waals surface area contributed by atoms with E-state index in [0.717, 1.165) is 96.3 Å². The number of amides is 1. The Morgan fingerprint density at radius 3 is 1.45 bits per heavy atom. The van der Waals surface area contributed by atoms with Crippen molar-refractivity contribution in [3.8, 4) is 0 Å². The summed E-state index contributed by atoms with van der Waals surface area (Å²) in [6, 6.07) is -0.725. The molecule has 0 aliphatic rings. The van der Waals surface area contributed by atoms with Gasteiger partial charge in [-0.2, -0.15) is 0 Å². The lowest BCUT2D eigenvalue weighted by Gasteiger charge is -2.24. The minimum atomic E-state index is -0.808. The molecule has 0 aliphatic heterocycles. The number of hydrogen-bond donors (Lipinski definition) is 3. The number of allylic oxidation sites excluding steroid dienone is 16. The summed E-state index contributed by atoms with van der Waals surface area (Å²) in [5, 5.41) is 23.8. The van der Waals surface area contributed by atoms with Crippen LogP contribution in [0.25, 0.3) is 0 Å². The molecular formula is C58H99NO5. The Bertz CT molecular complexity index is 1270. The Balaban J connectivity index is 4.73. The summed E-state index contributed by atoms with van der Waals surface area (Å²) in [5.74, 6) is -0.546. The van der Waals surface area contributed by atoms with E-state index in [1.165, 1.54) is 89.9 Å². The number of esters is 1. The Morgan fingerprint density at radius 1 is 0.469 bits per heavy atom. The van der Waals surface area contributed by atoms with Gasteiger partial charge in [0.25, 0.3) is 0 Å². The van der Waals surface area contributed by atoms with Gasteiger partial charge in [0.1, 0.15) is 6.10 Å². The van der Waals surface area contributed by atoms with Gasteiger partial charge >= 0.3 is 5.97 Å². The van der Waals surface area contributed by atoms with Crippen LogP contribution in [0.3, 0.4) is 0 Å². The largest absolute Gasteiger partial charge is 0.462 e. The highest BCUT2D eigenvalue weighted by atomic mass is 16.5. The van der Waals surface area contributed by atoms with Crippen LogP contribution in [0.5, 0.6) is 0 Å². The molecule has 1 amide bonds. The minimum Gasteiger partial charge on any atom is -0.462 e. The van der Waals surface area contributed by atoms with Gasteiger partial charge in [-0.25, -0.2) is 0 Å². The van der Waals surface area contributed by atoms with Crippen LogP contribution >= 0.6 is 0 Å². The number of carbonyl (C=O) groups excluding carboxylic acids is 2. The molecule has 0 fully saturated rings. The molecule has 0 saturated heterocycles. The van der Waals surface area contributed by atoms with Crippen molar-refractivity contribution in [1.29, 1.82) is 0 Å². The van der Waals surface area contributed by atoms with E-state index < -0.39 is 18.2 Å². The number of hydrogen-bond acceptors (Lipinski definition) is 5. The first-order valence-electron chi connectivity index (χ1n) is 26.5. The fraction of sp³-hybridized carbons (Fsp3) is 0.690. The molecule has 366 valence electrons. The Morgan fingerprint density at radius 2 is 0.891 bits per heavy atom. The second-order valence-corrected chi connectivity index (χ2v) is 17.7. The first kappa shape index (κ1) is 60.8. The first-order chi connectivity index (χ1) is 31.5. The van der Waals surface area contributed by atoms with Crippen molar-refractivity contribution in [1.82, 2.24) is 5.32 Å². The highest BCUT2D eigenvalue weighted by Crippen LogP contribution is 2.17. The molecule has 0 spiro atoms. The second-order valence-electron chi connectivity index (χ2n) is 17.7. The van der Waals surface area contributed by atoms with Crippen molar-refractivity contribution in [2.45, 2.75) is 251 Å². The highest BCUT2D eigenvalue weighted by Gasteiger charge is 2.24. The van der Waals surface area contributed by atoms with Crippen molar-refractivity contribution in [3.63, 3.8) is 0 Å². The Labute approximate surface area is 395 Å². The van der Waals surface area contributed by atoms with Crippen LogP contribution in [0.15, 0.2) is 97.2 Å². The zero-order chi connectivity index (χ0) is 46.7. The molecule has 0 aliphatic carbocycles. The number of aliphatic hydroxyl groups excluding tert-OH is 2. The SMILES string of the molecule is CCC/C=C/C=C/C=C/C=C/C=C/CCCCCCCC(=O)OC(CCCC/C=C\C/C=C\C/C=C\CCCCC)CC(=O)NC(CO)C(O)CCCCCCCCCCCCCC. The molecule has 0 aromatic heterocycles. The van der Waals surface area contributed by atoms with Gasteiger partial charge in [0, 0.05) is 6.42 Å². The smallest absolute Gasteiger partial charge is 0.306 e. The van der Waals surface area contributed by atoms with Crippen LogP contribution in [0.4, 0.5) is 0 Å². The summed E-state index contributed by atoms with van der Waals surface area (Å²) < 4.78 is 5.91. The third-order valence-electron chi connectivity index (χ3n) is 11.5. The quantitative estimate of drug-likeness (QED) is 0.0245. The summed E-state index contributed by atoms with van der Waals surface area (Å²) >= 11 is 0. The third-order valence-corrected chi connectivity index (χ3v) is 11.5. The molecule has 0 saturated carbocycles. The van der Waals surface area contributed by atoms with Gasteiger partial charge < -0.3 is 20.3 Å². The molecule has 3 atom stereocenters. The van der Waals surface area contributed by atoms with Crippen molar-refractivity contribution < 1.29 is 24.5 Å². The number of carbonyl (C=O) groups is 2. The van der Waals surface area contributed by atoms with E-state index in [2.05, 4.69) is 99.0 Å². The predicted octanol–water partition coefficient (Wildman–Crippen LogP) is 16.1. The fourth-order valence-corrected chi connectivity index (χ4v) is 7.47. The lowest BCUT2D eigenvalue weighted by Crippen LogP contribution is -2.46. The number of unbranched alkanes of at least 4 members (excludes halogenated alkanes) is 22. The van der Waals surface area contributed by atoms with E-state index in [1.54, 1.807) is 0 Å². The van der Waals surface area contributed by atoms with Crippen molar-refractivity contribution >= 4 is 11.9 Å². The molecule has 0 radical (unpaired) electrons. The number of aliphatic hydroxyl groups is 2. The van der Waals surface area contributed by atoms with Crippen molar-refractivity contribution in [2.75, 3.05) is 6.61 Å². The average molecular weight is 890 g/mol. The highest BCUT2D eigenvalue weighted by molar-refractivity contribution is 5.77. The van der Waals surface area contributed by atoms with Crippen molar-refractivity contribution in [2.24, 2.45) is 0 Å². The zero-order valence-corrected chi connectivity index (χ0v) is 41.6. The van der Waals surface area contributed by atoms with Crippen LogP contribution in [-0.2, 0) is 14.3 Å². The fourth-order valence-electron chi connectivity index (χ4n) is 7.47. The zero-order valence-electron chi connectivity index (χ0n) is 41.6. The molecule has 6 nitrogen and oxygen atoms in total. The van der Waals surface area contributed by atoms with Gasteiger partial charge in [-0.05, 0) is 83.5 Å². The summed E-state index contributed by atoms with van der Waals surface area (Å²) in [4.78, 5) is 26.2. The van der Waals surface area contributed by atoms with Gasteiger partial charge in [0.05, 0.1) is 25.2 Å². The van der Waals surface area contributed by atoms with E-state index in [-0.39, 0.29) is 24.9 Å². The molecule has 0 aromatic rings. The van der Waals surface area contributed by atoms with Gasteiger partial charge in [0.2, 0.25) is 5.91 Å². The third kappa shape index (κ3) is 45.4. The predicted molar refractivity (Wildman–Crippen MR) is 277 cm³/mol. The van der Waals surface area contributed by atoms with Gasteiger partial charge in [-0.15, -0.1) is 0 Å². The Kier molecular flexibility index (Phi) is 48.2. The minimum absolute atomic E-state index is 0.0357. The van der Waals surface area contributed by atoms with Crippen LogP contribution < -0.4 is 5.32 Å². The number of nitrogens with one attached hydrogen (secondary N) is 1. The van der Waals surface area contributed by atoms with Gasteiger partial charge in [0.15, 0.2) is 0 Å². The number of rotatable bonds is 46. The standard InChI is InChI=1S/C58H99NO5/c1-4-7-10-13-16-19-22-25-27-28-29-31-33-36-39-42-45-48-51-58(63)64-54(49-46-43-40-37-34-32-30-26-23-20-17-14-11-8-5-2)52-57(62)59-55(53-60)56(61)50-47-44-41-38-35-24-21-18-15-12-9-6-3/h10,13,16-17,19-20,22,25-31,34,37,54-56,60-61H,4-9,11-12,14-15,18,21,23-24,32-33,35-36,38-53H2,1-3H3,(H,59,62)/b13-10+,19-16+,20-17-,25-22+,28-27+,30-26-,31-29+,37-34-. The maximum absolute atomic E-state index is 13.2. The molecule has 3 N–H and O–H groups in total. The second kappa shape index (κ2) is 50.8. The first-order valence-corrected chi connectivity index (χ1v) is 26.5. The summed E-state index contributed by atoms with van der Waals surface area (Å²) in [6.07, 6.45) is 67.4. The molecule has 64 heavy (non-hydrogen) atoms. The molecule has 0 rings (SSSR count). The Hall–Kier alpha value is -3.22. The maximum Gasteiger partial charge on any atom is 0.306 e. The molecular weight excluding hydrogens is 791 g/mol. The maximum atomic E-state index is 13.2. The van der Waals surface area contributed by atoms with Crippen LogP contribution in [0.2, 0.25) is 0 Å². The van der Waals surface area contributed by atoms with Gasteiger partial charge in [-0.3, -0.25) is 9.59 Å². The molecule has 0 heterocycles. The van der Waals surface area contributed by atoms with Crippen LogP contribution in [0, 0.1) is 0 Å². The molecule has 0 bridgehead atoms. The topological polar surface area (TPSA) is 95.9 Å². The molecule has 0 aromatic carbocycles. The van der Waals surface area contributed by atoms with E-state index in [4.69, 9.17) is 4.74 Å². The van der Waals surface area contributed by atoms with E-state index in [1.807, 2.05) is 24.3 Å². The van der Waals surface area contributed by atoms with Gasteiger partial charge in [-0.1, -0.05) is 234 Å². The lowest BCUT2D eigenvalue weighted by atomic mass is 10.0. The molecule has 6 heteroatoms. The van der Waals surface area contributed by atoms with Crippen LogP contribution in [0.1, 0.15) is 233 Å². The summed E-state index contributed by atoms with van der Waals surface area (Å²) in [6.45, 7) is 6.34. The summed E-state index contributed by atoms with van der Waals surface area (Å²) in [7, 11) is 0. The van der Waals surface area contributed by atoms with E-state index in [9.17, 15) is 19.8 Å². The van der Waals surface area contributed by atoms with E-state index in [0.29, 0.717) is 19.3 Å². The van der Waals surface area contributed by atoms with Crippen LogP contribution in [-0.4, -0.2) is 46.9 Å². The average Bonchev–Trinajstić information content (AvgIpc) is 3.29.